The van der Waals surface area contributed by atoms with Crippen LogP contribution in [0.3, 0.4) is 0 Å². The molecule has 4 N–H and O–H groups in total. The standard InChI is InChI=1S/C31H22F4N6OS/c32-25-10-13-27(28(33)15-25)30(42,19-38-20-40-41-37)31(34,35)29-14-9-23(17-39-29)4-1-21-2-5-24(6-3-21)18-43-26-11-7-22(16-36)8-12-26/h2-3,5-15,17,20,42H,18-19H2,(H2,37,38,40)/p+1. The quantitative estimate of drug-likeness (QED) is 0.0425. The van der Waals surface area contributed by atoms with Crippen LogP contribution in [0.5, 0.6) is 0 Å². The summed E-state index contributed by atoms with van der Waals surface area (Å²) in [7, 11) is 0. The van der Waals surface area contributed by atoms with E-state index in [9.17, 15) is 13.9 Å². The van der Waals surface area contributed by atoms with Gasteiger partial charge < -0.3 is 5.11 Å². The number of benzene rings is 3. The second kappa shape index (κ2) is 13.9. The van der Waals surface area contributed by atoms with E-state index in [2.05, 4.69) is 33.2 Å². The zero-order valence-electron chi connectivity index (χ0n) is 22.3. The minimum absolute atomic E-state index is 0.326. The summed E-state index contributed by atoms with van der Waals surface area (Å²) in [4.78, 5) is 4.84. The number of pyridine rings is 1. The Hall–Kier alpha value is -4.88. The molecule has 0 saturated heterocycles. The number of nitrogens with two attached hydrogens (primary N) is 1. The number of quaternary nitrogens is 1. The van der Waals surface area contributed by atoms with Gasteiger partial charge in [0.05, 0.1) is 11.6 Å². The number of aliphatic hydroxyl groups is 1. The second-order valence-electron chi connectivity index (χ2n) is 9.17. The van der Waals surface area contributed by atoms with E-state index >= 15 is 8.78 Å². The highest BCUT2D eigenvalue weighted by Gasteiger charge is 2.58. The molecule has 1 aromatic heterocycles. The molecule has 216 valence electrons. The van der Waals surface area contributed by atoms with Crippen molar-refractivity contribution in [3.05, 3.63) is 130 Å². The van der Waals surface area contributed by atoms with Crippen molar-refractivity contribution in [2.75, 3.05) is 6.54 Å². The van der Waals surface area contributed by atoms with Crippen molar-refractivity contribution in [1.29, 1.82) is 10.8 Å². The van der Waals surface area contributed by atoms with Crippen molar-refractivity contribution >= 4 is 18.1 Å². The molecule has 0 fully saturated rings. The Kier molecular flexibility index (Phi) is 10.0. The normalized spacial score (nSPS) is 12.7. The lowest BCUT2D eigenvalue weighted by molar-refractivity contribution is -0.561. The van der Waals surface area contributed by atoms with Crippen LogP contribution in [-0.4, -0.2) is 23.0 Å². The van der Waals surface area contributed by atoms with Crippen molar-refractivity contribution in [3.63, 3.8) is 0 Å². The molecule has 0 aliphatic carbocycles. The largest absolute Gasteiger partial charge is 0.374 e. The number of nitriles is 1. The van der Waals surface area contributed by atoms with E-state index in [-0.39, 0.29) is 0 Å². The van der Waals surface area contributed by atoms with Crippen LogP contribution < -0.4 is 5.32 Å². The summed E-state index contributed by atoms with van der Waals surface area (Å²) >= 11 is 1.63. The van der Waals surface area contributed by atoms with Crippen molar-refractivity contribution < 1.29 is 28.0 Å². The van der Waals surface area contributed by atoms with E-state index in [4.69, 9.17) is 10.8 Å². The summed E-state index contributed by atoms with van der Waals surface area (Å²) in [5.74, 6) is 0.0327. The molecule has 3 aromatic carbocycles. The van der Waals surface area contributed by atoms with Gasteiger partial charge in [0, 0.05) is 39.6 Å². The summed E-state index contributed by atoms with van der Waals surface area (Å²) in [6, 6.07) is 21.1. The minimum Gasteiger partial charge on any atom is -0.374 e. The number of halogens is 4. The number of nitrogens with zero attached hydrogens (tertiary/aromatic N) is 4. The van der Waals surface area contributed by atoms with Gasteiger partial charge in [0.25, 0.3) is 0 Å². The fraction of sp³-hybridized carbons (Fsp3) is 0.129. The van der Waals surface area contributed by atoms with Crippen LogP contribution in [0.1, 0.15) is 33.5 Å². The number of hydrogen-bond donors (Lipinski definition) is 3. The number of thioether (sulfide) groups is 1. The van der Waals surface area contributed by atoms with Gasteiger partial charge in [-0.2, -0.15) is 19.6 Å². The monoisotopic (exact) mass is 603 g/mol. The van der Waals surface area contributed by atoms with E-state index in [1.54, 1.807) is 23.9 Å². The maximum Gasteiger partial charge on any atom is 0.327 e. The van der Waals surface area contributed by atoms with Gasteiger partial charge in [-0.25, -0.2) is 8.78 Å². The molecule has 0 aliphatic rings. The van der Waals surface area contributed by atoms with E-state index < -0.39 is 41.0 Å². The molecule has 1 atom stereocenters. The van der Waals surface area contributed by atoms with Crippen LogP contribution in [-0.2, 0) is 17.3 Å². The highest BCUT2D eigenvalue weighted by molar-refractivity contribution is 7.98. The Labute approximate surface area is 248 Å². The van der Waals surface area contributed by atoms with E-state index in [0.717, 1.165) is 52.3 Å². The maximum absolute atomic E-state index is 15.8. The minimum atomic E-state index is -4.13. The van der Waals surface area contributed by atoms with Crippen LogP contribution in [0.2, 0.25) is 0 Å². The molecule has 0 amide bonds. The van der Waals surface area contributed by atoms with Gasteiger partial charge in [0.1, 0.15) is 23.9 Å². The van der Waals surface area contributed by atoms with Gasteiger partial charge >= 0.3 is 5.92 Å². The Bertz CT molecular complexity index is 1710. The fourth-order valence-electron chi connectivity index (χ4n) is 4.02. The lowest BCUT2D eigenvalue weighted by Crippen LogP contribution is -2.87. The fourth-order valence-corrected chi connectivity index (χ4v) is 4.88. The Morgan fingerprint density at radius 1 is 0.953 bits per heavy atom. The number of alkyl halides is 2. The zero-order valence-corrected chi connectivity index (χ0v) is 23.1. The highest BCUT2D eigenvalue weighted by atomic mass is 32.2. The smallest absolute Gasteiger partial charge is 0.327 e. The van der Waals surface area contributed by atoms with Crippen LogP contribution in [0.15, 0.2) is 100 Å². The van der Waals surface area contributed by atoms with Crippen molar-refractivity contribution in [1.82, 2.24) is 4.98 Å². The number of nitrogens with one attached hydrogen (secondary N) is 1. The van der Waals surface area contributed by atoms with Gasteiger partial charge in [-0.15, -0.1) is 11.8 Å². The maximum atomic E-state index is 15.8. The summed E-state index contributed by atoms with van der Waals surface area (Å²) in [6.07, 6.45) is 2.02. The first-order valence-corrected chi connectivity index (χ1v) is 13.6. The molecule has 0 spiro atoms. The van der Waals surface area contributed by atoms with Gasteiger partial charge in [-0.1, -0.05) is 29.1 Å². The molecular formula is C31H23F4N6OS+. The third-order valence-electron chi connectivity index (χ3n) is 6.32. The second-order valence-corrected chi connectivity index (χ2v) is 10.2. The molecule has 0 radical (unpaired) electrons. The predicted molar refractivity (Wildman–Crippen MR) is 152 cm³/mol. The third-order valence-corrected chi connectivity index (χ3v) is 7.40. The Morgan fingerprint density at radius 3 is 2.26 bits per heavy atom. The van der Waals surface area contributed by atoms with Crippen molar-refractivity contribution in [3.8, 4) is 17.9 Å². The molecule has 4 aromatic rings. The first-order chi connectivity index (χ1) is 20.7. The molecule has 1 heterocycles. The van der Waals surface area contributed by atoms with Gasteiger partial charge in [-0.3, -0.25) is 10.3 Å². The Morgan fingerprint density at radius 2 is 1.63 bits per heavy atom. The number of hydrogen-bond acceptors (Lipinski definition) is 6. The third kappa shape index (κ3) is 7.50. The molecule has 7 nitrogen and oxygen atoms in total. The average molecular weight is 604 g/mol. The molecule has 43 heavy (non-hydrogen) atoms. The molecule has 0 saturated carbocycles. The van der Waals surface area contributed by atoms with Gasteiger partial charge in [0.15, 0.2) is 0 Å². The summed E-state index contributed by atoms with van der Waals surface area (Å²) in [5, 5.41) is 27.0. The summed E-state index contributed by atoms with van der Waals surface area (Å²) in [5.41, 5.74) is 4.48. The lowest BCUT2D eigenvalue weighted by atomic mass is 9.84. The van der Waals surface area contributed by atoms with Crippen LogP contribution >= 0.6 is 11.8 Å². The molecular weight excluding hydrogens is 580 g/mol. The Balaban J connectivity index is 1.49. The average Bonchev–Trinajstić information content (AvgIpc) is 3.02. The molecule has 12 heteroatoms. The number of rotatable bonds is 10. The SMILES string of the molecule is N#Cc1ccc(SCc2ccc(C#Cc3ccc(C(F)(F)C(O)(C[NH2+]/C=N\N=N)c4ccc(F)cc4F)nc3)cc2)cc1. The molecule has 0 aliphatic heterocycles. The van der Waals surface area contributed by atoms with Crippen molar-refractivity contribution in [2.45, 2.75) is 22.2 Å². The van der Waals surface area contributed by atoms with E-state index in [1.807, 2.05) is 36.4 Å². The summed E-state index contributed by atoms with van der Waals surface area (Å²) < 4.78 is 59.6. The number of aromatic nitrogens is 1. The molecule has 4 rings (SSSR count). The van der Waals surface area contributed by atoms with Crippen LogP contribution in [0.4, 0.5) is 17.6 Å². The topological polar surface area (TPSA) is 122 Å². The van der Waals surface area contributed by atoms with Crippen LogP contribution in [0, 0.1) is 40.3 Å². The van der Waals surface area contributed by atoms with Crippen molar-refractivity contribution in [2.24, 2.45) is 10.3 Å². The molecule has 1 unspecified atom stereocenters. The van der Waals surface area contributed by atoms with Crippen LogP contribution in [0.25, 0.3) is 0 Å². The lowest BCUT2D eigenvalue weighted by Gasteiger charge is -2.34. The first kappa shape index (κ1) is 31.1. The predicted octanol–water partition coefficient (Wildman–Crippen LogP) is 5.44. The highest BCUT2D eigenvalue weighted by Crippen LogP contribution is 2.44. The zero-order chi connectivity index (χ0) is 30.9. The van der Waals surface area contributed by atoms with E-state index in [1.165, 1.54) is 6.07 Å². The first-order valence-electron chi connectivity index (χ1n) is 12.6. The molecule has 0 bridgehead atoms. The van der Waals surface area contributed by atoms with E-state index in [0.29, 0.717) is 22.8 Å². The summed E-state index contributed by atoms with van der Waals surface area (Å²) in [6.45, 7) is -0.840. The van der Waals surface area contributed by atoms with Gasteiger partial charge in [-0.05, 0) is 71.5 Å². The van der Waals surface area contributed by atoms with Gasteiger partial charge in [0.2, 0.25) is 11.9 Å².